The Labute approximate surface area is 340 Å². The maximum absolute atomic E-state index is 12.8. The number of rotatable bonds is 26. The number of carbonyl (C=O) groups is 3. The van der Waals surface area contributed by atoms with Gasteiger partial charge in [-0.1, -0.05) is 84.3 Å². The Morgan fingerprint density at radius 3 is 1.86 bits per heavy atom. The second-order valence-corrected chi connectivity index (χ2v) is 18.8. The van der Waals surface area contributed by atoms with Crippen molar-refractivity contribution in [2.45, 2.75) is 200 Å². The Morgan fingerprint density at radius 1 is 0.696 bits per heavy atom. The largest absolute Gasteiger partial charge is 0.462 e. The highest BCUT2D eigenvalue weighted by Crippen LogP contribution is 2.68. The van der Waals surface area contributed by atoms with Gasteiger partial charge in [-0.3, -0.25) is 14.4 Å². The smallest absolute Gasteiger partial charge is 0.306 e. The van der Waals surface area contributed by atoms with Crippen molar-refractivity contribution in [3.8, 4) is 0 Å². The number of aliphatic hydroxyl groups excluding tert-OH is 2. The van der Waals surface area contributed by atoms with E-state index in [2.05, 4.69) is 33.9 Å². The van der Waals surface area contributed by atoms with E-state index in [0.717, 1.165) is 89.9 Å². The normalized spacial score (nSPS) is 32.7. The molecular formula is C48H80O8. The highest BCUT2D eigenvalue weighted by Gasteiger charge is 2.65. The summed E-state index contributed by atoms with van der Waals surface area (Å²) in [5, 5.41) is 23.9. The van der Waals surface area contributed by atoms with E-state index in [1.807, 2.05) is 12.2 Å². The minimum atomic E-state index is -0.465. The summed E-state index contributed by atoms with van der Waals surface area (Å²) in [4.78, 5) is 37.5. The topological polar surface area (TPSA) is 119 Å². The molecule has 4 saturated carbocycles. The fraction of sp³-hybridized carbons (Fsp3) is 0.854. The molecule has 56 heavy (non-hydrogen) atoms. The molecule has 0 spiro atoms. The highest BCUT2D eigenvalue weighted by molar-refractivity contribution is 5.70. The van der Waals surface area contributed by atoms with Crippen LogP contribution in [0.4, 0.5) is 0 Å². The molecule has 320 valence electrons. The van der Waals surface area contributed by atoms with Gasteiger partial charge >= 0.3 is 17.9 Å². The van der Waals surface area contributed by atoms with Crippen molar-refractivity contribution in [3.63, 3.8) is 0 Å². The monoisotopic (exact) mass is 785 g/mol. The van der Waals surface area contributed by atoms with E-state index < -0.39 is 12.2 Å². The Hall–Kier alpha value is -2.19. The summed E-state index contributed by atoms with van der Waals surface area (Å²) >= 11 is 0. The molecule has 4 rings (SSSR count). The highest BCUT2D eigenvalue weighted by atomic mass is 16.6. The fourth-order valence-corrected chi connectivity index (χ4v) is 12.0. The van der Waals surface area contributed by atoms with Crippen molar-refractivity contribution < 1.29 is 38.8 Å². The van der Waals surface area contributed by atoms with Gasteiger partial charge in [-0.15, -0.1) is 13.2 Å². The van der Waals surface area contributed by atoms with E-state index in [9.17, 15) is 24.6 Å². The van der Waals surface area contributed by atoms with E-state index in [1.165, 1.54) is 38.5 Å². The number of carbonyl (C=O) groups excluding carboxylic acids is 3. The maximum atomic E-state index is 12.8. The summed E-state index contributed by atoms with van der Waals surface area (Å²) in [6.45, 7) is 14.5. The lowest BCUT2D eigenvalue weighted by molar-refractivity contribution is -0.209. The molecule has 0 saturated heterocycles. The number of fused-ring (bicyclic) bond motifs is 5. The number of esters is 3. The van der Waals surface area contributed by atoms with Crippen molar-refractivity contribution in [2.24, 2.45) is 46.3 Å². The Balaban J connectivity index is 1.17. The van der Waals surface area contributed by atoms with Crippen molar-refractivity contribution in [2.75, 3.05) is 13.2 Å². The van der Waals surface area contributed by atoms with E-state index in [1.54, 1.807) is 0 Å². The van der Waals surface area contributed by atoms with Gasteiger partial charge in [0.2, 0.25) is 0 Å². The number of hydrogen-bond donors (Lipinski definition) is 2. The SMILES string of the molecule is C=CCCCCCCCCC(=O)OCCOC(=O)CC[C@@H](C)[C@H]1CC[C@H]2[C@@H]3[C@H](O)C[C@@H]4C[C@H](OC(=O)CCCCCCCCC=C)CC[C@]4(C)[C@H]3C[C@H](O)[C@]12C. The van der Waals surface area contributed by atoms with E-state index in [-0.39, 0.29) is 83.6 Å². The lowest BCUT2D eigenvalue weighted by Crippen LogP contribution is -2.62. The number of allylic oxidation sites excluding steroid dienone is 2. The van der Waals surface area contributed by atoms with Gasteiger partial charge in [0.05, 0.1) is 12.2 Å². The average molecular weight is 785 g/mol. The Bertz CT molecular complexity index is 1230. The number of ether oxygens (including phenoxy) is 3. The van der Waals surface area contributed by atoms with Crippen molar-refractivity contribution >= 4 is 17.9 Å². The van der Waals surface area contributed by atoms with Gasteiger partial charge in [-0.25, -0.2) is 0 Å². The molecule has 11 atom stereocenters. The van der Waals surface area contributed by atoms with Gasteiger partial charge < -0.3 is 24.4 Å². The lowest BCUT2D eigenvalue weighted by atomic mass is 9.43. The molecule has 2 N–H and O–H groups in total. The van der Waals surface area contributed by atoms with Crippen LogP contribution in [0.3, 0.4) is 0 Å². The predicted molar refractivity (Wildman–Crippen MR) is 222 cm³/mol. The Morgan fingerprint density at radius 2 is 1.25 bits per heavy atom. The molecule has 4 aliphatic carbocycles. The van der Waals surface area contributed by atoms with E-state index in [0.29, 0.717) is 32.1 Å². The molecule has 4 fully saturated rings. The summed E-state index contributed by atoms with van der Waals surface area (Å²) in [5.74, 6) is 0.791. The Kier molecular flexibility index (Phi) is 19.4. The molecule has 8 nitrogen and oxygen atoms in total. The van der Waals surface area contributed by atoms with Crippen LogP contribution in [0.25, 0.3) is 0 Å². The first-order valence-electron chi connectivity index (χ1n) is 23.0. The van der Waals surface area contributed by atoms with Crippen LogP contribution in [-0.4, -0.2) is 59.6 Å². The number of aliphatic hydroxyl groups is 2. The fourth-order valence-electron chi connectivity index (χ4n) is 12.0. The van der Waals surface area contributed by atoms with Crippen molar-refractivity contribution in [1.29, 1.82) is 0 Å². The van der Waals surface area contributed by atoms with Crippen molar-refractivity contribution in [3.05, 3.63) is 25.3 Å². The van der Waals surface area contributed by atoms with E-state index >= 15 is 0 Å². The molecule has 0 radical (unpaired) electrons. The maximum Gasteiger partial charge on any atom is 0.306 e. The average Bonchev–Trinajstić information content (AvgIpc) is 3.53. The zero-order chi connectivity index (χ0) is 40.6. The van der Waals surface area contributed by atoms with E-state index in [4.69, 9.17) is 14.2 Å². The summed E-state index contributed by atoms with van der Waals surface area (Å²) in [6.07, 6.45) is 26.3. The third-order valence-corrected chi connectivity index (χ3v) is 15.3. The molecule has 0 aliphatic heterocycles. The molecule has 0 heterocycles. The van der Waals surface area contributed by atoms with Crippen LogP contribution < -0.4 is 0 Å². The van der Waals surface area contributed by atoms with Crippen LogP contribution in [0.1, 0.15) is 181 Å². The summed E-state index contributed by atoms with van der Waals surface area (Å²) in [7, 11) is 0. The van der Waals surface area contributed by atoms with Gasteiger partial charge in [-0.2, -0.15) is 0 Å². The quantitative estimate of drug-likeness (QED) is 0.0385. The van der Waals surface area contributed by atoms with Crippen LogP contribution >= 0.6 is 0 Å². The molecular weight excluding hydrogens is 705 g/mol. The first-order valence-corrected chi connectivity index (χ1v) is 23.0. The zero-order valence-corrected chi connectivity index (χ0v) is 35.7. The summed E-state index contributed by atoms with van der Waals surface area (Å²) < 4.78 is 16.8. The van der Waals surface area contributed by atoms with Crippen LogP contribution in [0.5, 0.6) is 0 Å². The number of hydrogen-bond acceptors (Lipinski definition) is 8. The van der Waals surface area contributed by atoms with Gasteiger partial charge in [0.1, 0.15) is 19.3 Å². The molecule has 4 aliphatic rings. The molecule has 0 unspecified atom stereocenters. The second-order valence-electron chi connectivity index (χ2n) is 18.8. The third kappa shape index (κ3) is 12.7. The molecule has 0 aromatic heterocycles. The lowest BCUT2D eigenvalue weighted by Gasteiger charge is -2.63. The standard InChI is InChI=1S/C48H80O8/c1-6-8-10-12-14-16-18-20-22-43(51)54-30-31-55-44(52)27-24-35(3)38-25-26-39-46-40(34-42(50)48(38,39)5)47(4)29-28-37(32-36(47)33-41(46)49)56-45(53)23-21-19-17-15-13-11-9-7-2/h6-7,35-42,46,49-50H,1-2,8-34H2,3-5H3/t35-,36+,37-,38-,39+,40+,41-,42+,46+,47+,48-/m1/s1. The zero-order valence-electron chi connectivity index (χ0n) is 35.7. The third-order valence-electron chi connectivity index (χ3n) is 15.3. The first kappa shape index (κ1) is 46.5. The molecule has 0 aromatic carbocycles. The van der Waals surface area contributed by atoms with Crippen molar-refractivity contribution in [1.82, 2.24) is 0 Å². The minimum absolute atomic E-state index is 0.00750. The number of unbranched alkanes of at least 4 members (excludes halogenated alkanes) is 12. The first-order chi connectivity index (χ1) is 26.9. The van der Waals surface area contributed by atoms with Crippen LogP contribution in [0.15, 0.2) is 25.3 Å². The minimum Gasteiger partial charge on any atom is -0.462 e. The van der Waals surface area contributed by atoms with Crippen LogP contribution in [0.2, 0.25) is 0 Å². The molecule has 0 amide bonds. The predicted octanol–water partition coefficient (Wildman–Crippen LogP) is 10.6. The van der Waals surface area contributed by atoms with Gasteiger partial charge in [0, 0.05) is 19.3 Å². The molecule has 8 heteroatoms. The van der Waals surface area contributed by atoms with Crippen LogP contribution in [0, 0.1) is 46.3 Å². The molecule has 0 bridgehead atoms. The molecule has 0 aromatic rings. The van der Waals surface area contributed by atoms with Crippen LogP contribution in [-0.2, 0) is 28.6 Å². The summed E-state index contributed by atoms with van der Waals surface area (Å²) in [6, 6.07) is 0. The summed E-state index contributed by atoms with van der Waals surface area (Å²) in [5.41, 5.74) is -0.305. The van der Waals surface area contributed by atoms with Gasteiger partial charge in [0.25, 0.3) is 0 Å². The second kappa shape index (κ2) is 23.4. The van der Waals surface area contributed by atoms with Gasteiger partial charge in [-0.05, 0) is 136 Å². The van der Waals surface area contributed by atoms with Gasteiger partial charge in [0.15, 0.2) is 0 Å².